The van der Waals surface area contributed by atoms with Crippen LogP contribution in [0, 0.1) is 12.8 Å². The topological polar surface area (TPSA) is 71.8 Å². The molecule has 2 aromatic rings. The van der Waals surface area contributed by atoms with Gasteiger partial charge in [0.15, 0.2) is 0 Å². The van der Waals surface area contributed by atoms with Gasteiger partial charge in [0.2, 0.25) is 5.91 Å². The van der Waals surface area contributed by atoms with Gasteiger partial charge in [-0.2, -0.15) is 0 Å². The van der Waals surface area contributed by atoms with Crippen LogP contribution < -0.4 is 10.9 Å². The van der Waals surface area contributed by atoms with Crippen LogP contribution in [0.25, 0.3) is 11.0 Å². The third-order valence-electron chi connectivity index (χ3n) is 5.43. The van der Waals surface area contributed by atoms with Crippen molar-refractivity contribution in [3.05, 3.63) is 44.8 Å². The predicted molar refractivity (Wildman–Crippen MR) is 114 cm³/mol. The van der Waals surface area contributed by atoms with Gasteiger partial charge in [-0.25, -0.2) is 4.79 Å². The van der Waals surface area contributed by atoms with E-state index in [0.29, 0.717) is 36.9 Å². The number of aryl methyl sites for hydroxylation is 1. The van der Waals surface area contributed by atoms with Crippen LogP contribution in [0.5, 0.6) is 0 Å². The normalized spacial score (nSPS) is 15.7. The molecule has 0 atom stereocenters. The van der Waals surface area contributed by atoms with Crippen LogP contribution in [-0.4, -0.2) is 43.7 Å². The number of benzene rings is 1. The second kappa shape index (κ2) is 10.2. The van der Waals surface area contributed by atoms with Gasteiger partial charge in [-0.3, -0.25) is 9.69 Å². The van der Waals surface area contributed by atoms with Gasteiger partial charge in [0.1, 0.15) is 5.58 Å². The highest BCUT2D eigenvalue weighted by Gasteiger charge is 2.25. The summed E-state index contributed by atoms with van der Waals surface area (Å²) in [6.07, 6.45) is 2.47. The molecule has 1 aromatic carbocycles. The quantitative estimate of drug-likeness (QED) is 0.522. The number of hydrogen-bond donors (Lipinski definition) is 1. The zero-order chi connectivity index (χ0) is 20.8. The van der Waals surface area contributed by atoms with Crippen LogP contribution in [0.4, 0.5) is 0 Å². The summed E-state index contributed by atoms with van der Waals surface area (Å²) in [4.78, 5) is 26.6. The van der Waals surface area contributed by atoms with Gasteiger partial charge < -0.3 is 14.5 Å². The van der Waals surface area contributed by atoms with Gasteiger partial charge in [-0.1, -0.05) is 11.6 Å². The Morgan fingerprint density at radius 2 is 2.07 bits per heavy atom. The molecule has 1 N–H and O–H groups in total. The molecule has 1 aliphatic heterocycles. The first kappa shape index (κ1) is 21.8. The Balaban J connectivity index is 1.56. The summed E-state index contributed by atoms with van der Waals surface area (Å²) >= 11 is 6.28. The lowest BCUT2D eigenvalue weighted by Gasteiger charge is -2.31. The average Bonchev–Trinajstić information content (AvgIpc) is 2.69. The van der Waals surface area contributed by atoms with Gasteiger partial charge in [-0.15, -0.1) is 0 Å². The minimum absolute atomic E-state index is 0.0491. The molecule has 0 spiro atoms. The minimum Gasteiger partial charge on any atom is -0.423 e. The first-order valence-corrected chi connectivity index (χ1v) is 10.7. The lowest BCUT2D eigenvalue weighted by Crippen LogP contribution is -2.40. The first-order chi connectivity index (χ1) is 14.0. The monoisotopic (exact) mass is 420 g/mol. The van der Waals surface area contributed by atoms with Gasteiger partial charge in [-0.05, 0) is 69.5 Å². The molecule has 158 valence electrons. The second-order valence-electron chi connectivity index (χ2n) is 7.58. The van der Waals surface area contributed by atoms with Crippen LogP contribution >= 0.6 is 11.6 Å². The van der Waals surface area contributed by atoms with E-state index < -0.39 is 0 Å². The largest absolute Gasteiger partial charge is 0.423 e. The molecule has 0 bridgehead atoms. The third kappa shape index (κ3) is 5.81. The SMILES string of the molecule is CCOCCCNC(=O)C1CCN(Cc2cc(=O)oc3cc(C)c(Cl)cc23)CC1. The fourth-order valence-electron chi connectivity index (χ4n) is 3.75. The molecule has 7 heteroatoms. The highest BCUT2D eigenvalue weighted by Crippen LogP contribution is 2.27. The molecule has 0 unspecified atom stereocenters. The van der Waals surface area contributed by atoms with E-state index in [2.05, 4.69) is 10.2 Å². The minimum atomic E-state index is -0.351. The Bertz CT molecular complexity index is 904. The number of nitrogens with one attached hydrogen (secondary N) is 1. The van der Waals surface area contributed by atoms with Crippen molar-refractivity contribution < 1.29 is 13.9 Å². The van der Waals surface area contributed by atoms with Gasteiger partial charge >= 0.3 is 5.63 Å². The number of likely N-dealkylation sites (tertiary alicyclic amines) is 1. The molecule has 0 aliphatic carbocycles. The molecule has 2 heterocycles. The Labute approximate surface area is 176 Å². The van der Waals surface area contributed by atoms with Crippen LogP contribution in [0.15, 0.2) is 27.4 Å². The van der Waals surface area contributed by atoms with Crippen LogP contribution in [-0.2, 0) is 16.1 Å². The van der Waals surface area contributed by atoms with Crippen molar-refractivity contribution in [1.82, 2.24) is 10.2 Å². The van der Waals surface area contributed by atoms with Gasteiger partial charge in [0, 0.05) is 48.7 Å². The molecular weight excluding hydrogens is 392 g/mol. The van der Waals surface area contributed by atoms with Crippen molar-refractivity contribution in [2.45, 2.75) is 39.7 Å². The van der Waals surface area contributed by atoms with Crippen molar-refractivity contribution in [2.75, 3.05) is 32.8 Å². The number of carbonyl (C=O) groups is 1. The fourth-order valence-corrected chi connectivity index (χ4v) is 3.91. The number of ether oxygens (including phenoxy) is 1. The summed E-state index contributed by atoms with van der Waals surface area (Å²) in [6.45, 7) is 8.18. The fraction of sp³-hybridized carbons (Fsp3) is 0.545. The zero-order valence-corrected chi connectivity index (χ0v) is 17.9. The van der Waals surface area contributed by atoms with Gasteiger partial charge in [0.05, 0.1) is 0 Å². The Morgan fingerprint density at radius 1 is 1.31 bits per heavy atom. The molecule has 1 saturated heterocycles. The van der Waals surface area contributed by atoms with E-state index in [4.69, 9.17) is 20.8 Å². The summed E-state index contributed by atoms with van der Waals surface area (Å²) in [5, 5.41) is 4.54. The predicted octanol–water partition coefficient (Wildman–Crippen LogP) is 3.51. The standard InChI is InChI=1S/C22H29ClN2O4/c1-3-28-10-4-7-24-22(27)16-5-8-25(9-6-16)14-17-12-21(26)29-20-11-15(2)19(23)13-18(17)20/h11-13,16H,3-10,14H2,1-2H3,(H,24,27). The van der Waals surface area contributed by atoms with E-state index in [1.54, 1.807) is 6.07 Å². The third-order valence-corrected chi connectivity index (χ3v) is 5.84. The van der Waals surface area contributed by atoms with E-state index in [9.17, 15) is 9.59 Å². The molecule has 0 radical (unpaired) electrons. The maximum atomic E-state index is 12.3. The number of halogens is 1. The first-order valence-electron chi connectivity index (χ1n) is 10.3. The summed E-state index contributed by atoms with van der Waals surface area (Å²) in [5.74, 6) is 0.183. The molecule has 3 rings (SSSR count). The highest BCUT2D eigenvalue weighted by molar-refractivity contribution is 6.32. The lowest BCUT2D eigenvalue weighted by molar-refractivity contribution is -0.126. The van der Waals surface area contributed by atoms with Crippen molar-refractivity contribution in [3.8, 4) is 0 Å². The second-order valence-corrected chi connectivity index (χ2v) is 7.99. The number of amides is 1. The number of rotatable bonds is 8. The maximum Gasteiger partial charge on any atom is 0.336 e. The molecule has 0 saturated carbocycles. The zero-order valence-electron chi connectivity index (χ0n) is 17.1. The summed E-state index contributed by atoms with van der Waals surface area (Å²) in [7, 11) is 0. The Kier molecular flexibility index (Phi) is 7.70. The highest BCUT2D eigenvalue weighted by atomic mass is 35.5. The molecule has 1 aliphatic rings. The summed E-state index contributed by atoms with van der Waals surface area (Å²) in [5.41, 5.74) is 2.01. The number of carbonyl (C=O) groups excluding carboxylic acids is 1. The molecular formula is C22H29ClN2O4. The maximum absolute atomic E-state index is 12.3. The molecule has 29 heavy (non-hydrogen) atoms. The van der Waals surface area contributed by atoms with Crippen molar-refractivity contribution in [1.29, 1.82) is 0 Å². The molecule has 6 nitrogen and oxygen atoms in total. The van der Waals surface area contributed by atoms with Crippen molar-refractivity contribution in [3.63, 3.8) is 0 Å². The summed E-state index contributed by atoms with van der Waals surface area (Å²) in [6, 6.07) is 5.23. The average molecular weight is 421 g/mol. The Hall–Kier alpha value is -1.89. The van der Waals surface area contributed by atoms with Crippen LogP contribution in [0.2, 0.25) is 5.02 Å². The molecule has 1 aromatic heterocycles. The van der Waals surface area contributed by atoms with Crippen molar-refractivity contribution in [2.24, 2.45) is 5.92 Å². The van der Waals surface area contributed by atoms with E-state index in [0.717, 1.165) is 48.9 Å². The number of hydrogen-bond acceptors (Lipinski definition) is 5. The smallest absolute Gasteiger partial charge is 0.336 e. The van der Waals surface area contributed by atoms with E-state index in [1.807, 2.05) is 26.0 Å². The van der Waals surface area contributed by atoms with Gasteiger partial charge in [0.25, 0.3) is 0 Å². The van der Waals surface area contributed by atoms with Crippen LogP contribution in [0.3, 0.4) is 0 Å². The Morgan fingerprint density at radius 3 is 2.79 bits per heavy atom. The van der Waals surface area contributed by atoms with Crippen molar-refractivity contribution >= 4 is 28.5 Å². The number of piperidine rings is 1. The van der Waals surface area contributed by atoms with Crippen LogP contribution in [0.1, 0.15) is 37.3 Å². The van der Waals surface area contributed by atoms with E-state index >= 15 is 0 Å². The summed E-state index contributed by atoms with van der Waals surface area (Å²) < 4.78 is 10.6. The molecule has 1 amide bonds. The van der Waals surface area contributed by atoms with E-state index in [1.165, 1.54) is 0 Å². The lowest BCUT2D eigenvalue weighted by atomic mass is 9.95. The number of fused-ring (bicyclic) bond motifs is 1. The number of nitrogens with zero attached hydrogens (tertiary/aromatic N) is 1. The van der Waals surface area contributed by atoms with E-state index in [-0.39, 0.29) is 17.5 Å². The molecule has 1 fully saturated rings.